The number of urea groups is 1. The molecule has 0 aromatic heterocycles. The van der Waals surface area contributed by atoms with E-state index >= 15 is 0 Å². The second-order valence-corrected chi connectivity index (χ2v) is 9.83. The van der Waals surface area contributed by atoms with E-state index in [1.54, 1.807) is 12.1 Å². The Hall–Kier alpha value is -4.25. The van der Waals surface area contributed by atoms with Crippen LogP contribution in [0.15, 0.2) is 72.8 Å². The predicted molar refractivity (Wildman–Crippen MR) is 136 cm³/mol. The van der Waals surface area contributed by atoms with Crippen molar-refractivity contribution in [2.75, 3.05) is 18.0 Å². The Morgan fingerprint density at radius 1 is 1.00 bits per heavy atom. The summed E-state index contributed by atoms with van der Waals surface area (Å²) in [5.74, 6) is -3.71. The Bertz CT molecular complexity index is 1420. The van der Waals surface area contributed by atoms with Crippen LogP contribution in [-0.2, 0) is 16.1 Å². The van der Waals surface area contributed by atoms with E-state index in [4.69, 9.17) is 9.90 Å². The average molecular weight is 558 g/mol. The van der Waals surface area contributed by atoms with Crippen molar-refractivity contribution >= 4 is 23.6 Å². The van der Waals surface area contributed by atoms with Gasteiger partial charge in [0.15, 0.2) is 0 Å². The number of carbonyl (C=O) groups excluding carboxylic acids is 3. The number of carbonyl (C=O) groups is 3. The molecule has 210 valence electrons. The first kappa shape index (κ1) is 28.8. The average Bonchev–Trinajstić information content (AvgIpc) is 3.14. The van der Waals surface area contributed by atoms with Crippen molar-refractivity contribution < 1.29 is 42.0 Å². The first-order valence-corrected chi connectivity index (χ1v) is 12.6. The Kier molecular flexibility index (Phi) is 8.24. The summed E-state index contributed by atoms with van der Waals surface area (Å²) in [4.78, 5) is 37.1. The highest BCUT2D eigenvalue weighted by atomic mass is 19.4. The molecule has 0 unspecified atom stereocenters. The van der Waals surface area contributed by atoms with Crippen molar-refractivity contribution in [1.29, 1.82) is 0 Å². The number of nitrogens with one attached hydrogen (secondary N) is 2. The lowest BCUT2D eigenvalue weighted by Crippen LogP contribution is -3.12. The molecule has 40 heavy (non-hydrogen) atoms. The maximum absolute atomic E-state index is 13.8. The molecule has 2 aliphatic heterocycles. The molecule has 1 spiro atoms. The Morgan fingerprint density at radius 3 is 2.27 bits per heavy atom. The number of hydrogen-bond acceptors (Lipinski definition) is 4. The normalized spacial score (nSPS) is 20.6. The van der Waals surface area contributed by atoms with Gasteiger partial charge < -0.3 is 14.8 Å². The van der Waals surface area contributed by atoms with Gasteiger partial charge >= 0.3 is 12.2 Å². The smallest absolute Gasteiger partial charge is 0.430 e. The quantitative estimate of drug-likeness (QED) is 0.381. The molecule has 11 heteroatoms. The monoisotopic (exact) mass is 557 g/mol. The van der Waals surface area contributed by atoms with Gasteiger partial charge in [-0.05, 0) is 47.9 Å². The molecule has 2 saturated heterocycles. The third-order valence-electron chi connectivity index (χ3n) is 7.19. The van der Waals surface area contributed by atoms with Crippen LogP contribution in [0.2, 0.25) is 0 Å². The van der Waals surface area contributed by atoms with Gasteiger partial charge in [0.05, 0.1) is 13.1 Å². The summed E-state index contributed by atoms with van der Waals surface area (Å²) in [6.07, 6.45) is -4.12. The molecule has 2 fully saturated rings. The standard InChI is InChI=1S/C27H26FN3O2.C2HF3O2/c1-19-6-2-3-11-24(19)21-8-4-7-20(16-21)18-30-14-12-27(13-15-30)25(32)29-26(33)31(27)23-10-5-9-22(28)17-23;3-2(4,5)1(6)7/h2-11,16-17H,12-15,18H2,1H3,(H,29,32,33);(H,6,7). The fraction of sp³-hybridized carbons (Fsp3) is 0.276. The zero-order valence-electron chi connectivity index (χ0n) is 21.6. The number of aryl methyl sites for hydroxylation is 1. The van der Waals surface area contributed by atoms with Gasteiger partial charge in [-0.25, -0.2) is 9.18 Å². The molecule has 0 radical (unpaired) electrons. The largest absolute Gasteiger partial charge is 0.542 e. The fourth-order valence-corrected chi connectivity index (χ4v) is 5.22. The predicted octanol–water partition coefficient (Wildman–Crippen LogP) is 2.77. The summed E-state index contributed by atoms with van der Waals surface area (Å²) in [6.45, 7) is 4.48. The number of piperidine rings is 1. The number of anilines is 1. The van der Waals surface area contributed by atoms with Gasteiger partial charge in [0.1, 0.15) is 23.9 Å². The lowest BCUT2D eigenvalue weighted by Gasteiger charge is -2.40. The Morgan fingerprint density at radius 2 is 1.65 bits per heavy atom. The van der Waals surface area contributed by atoms with Gasteiger partial charge in [-0.15, -0.1) is 0 Å². The Balaban J connectivity index is 0.000000470. The van der Waals surface area contributed by atoms with E-state index in [0.717, 1.165) is 19.6 Å². The fourth-order valence-electron chi connectivity index (χ4n) is 5.22. The van der Waals surface area contributed by atoms with Crippen LogP contribution in [0.5, 0.6) is 0 Å². The van der Waals surface area contributed by atoms with Crippen molar-refractivity contribution in [1.82, 2.24) is 5.32 Å². The van der Waals surface area contributed by atoms with E-state index in [2.05, 4.69) is 54.7 Å². The lowest BCUT2D eigenvalue weighted by molar-refractivity contribution is -0.919. The number of halogens is 4. The molecule has 5 rings (SSSR count). The van der Waals surface area contributed by atoms with E-state index < -0.39 is 29.5 Å². The van der Waals surface area contributed by atoms with Gasteiger partial charge in [0.25, 0.3) is 5.91 Å². The number of rotatable bonds is 4. The summed E-state index contributed by atoms with van der Waals surface area (Å²) < 4.78 is 45.4. The van der Waals surface area contributed by atoms with E-state index in [0.29, 0.717) is 18.5 Å². The van der Waals surface area contributed by atoms with Crippen LogP contribution in [0.1, 0.15) is 24.0 Å². The molecular weight excluding hydrogens is 530 g/mol. The number of likely N-dealkylation sites (tertiary alicyclic amines) is 1. The number of alkyl halides is 3. The molecule has 7 nitrogen and oxygen atoms in total. The number of quaternary nitrogens is 1. The van der Waals surface area contributed by atoms with Gasteiger partial charge in [-0.2, -0.15) is 13.2 Å². The number of imide groups is 1. The number of aliphatic carboxylic acids is 1. The highest BCUT2D eigenvalue weighted by Gasteiger charge is 2.56. The molecule has 2 heterocycles. The van der Waals surface area contributed by atoms with E-state index in [1.807, 2.05) is 6.07 Å². The maximum atomic E-state index is 13.8. The summed E-state index contributed by atoms with van der Waals surface area (Å²) in [7, 11) is 0. The van der Waals surface area contributed by atoms with Crippen LogP contribution in [0.3, 0.4) is 0 Å². The van der Waals surface area contributed by atoms with Crippen molar-refractivity contribution in [2.24, 2.45) is 0 Å². The summed E-state index contributed by atoms with van der Waals surface area (Å²) >= 11 is 0. The third kappa shape index (κ3) is 6.15. The third-order valence-corrected chi connectivity index (χ3v) is 7.19. The zero-order valence-corrected chi connectivity index (χ0v) is 21.6. The summed E-state index contributed by atoms with van der Waals surface area (Å²) in [5, 5.41) is 11.2. The first-order chi connectivity index (χ1) is 18.9. The number of carboxylic acids is 1. The minimum absolute atomic E-state index is 0.280. The minimum atomic E-state index is -5.19. The van der Waals surface area contributed by atoms with Gasteiger partial charge in [0.2, 0.25) is 0 Å². The highest BCUT2D eigenvalue weighted by Crippen LogP contribution is 2.35. The van der Waals surface area contributed by atoms with Crippen LogP contribution < -0.4 is 20.2 Å². The zero-order chi connectivity index (χ0) is 29.1. The van der Waals surface area contributed by atoms with Crippen molar-refractivity contribution in [3.8, 4) is 11.1 Å². The molecule has 0 aliphatic carbocycles. The van der Waals surface area contributed by atoms with Crippen molar-refractivity contribution in [2.45, 2.75) is 38.0 Å². The molecule has 2 N–H and O–H groups in total. The van der Waals surface area contributed by atoms with Gasteiger partial charge in [-0.1, -0.05) is 48.5 Å². The number of nitrogens with zero attached hydrogens (tertiary/aromatic N) is 1. The molecule has 3 aromatic carbocycles. The van der Waals surface area contributed by atoms with Gasteiger partial charge in [-0.3, -0.25) is 15.0 Å². The molecule has 0 bridgehead atoms. The molecule has 0 saturated carbocycles. The van der Waals surface area contributed by atoms with Crippen molar-refractivity contribution in [3.63, 3.8) is 0 Å². The van der Waals surface area contributed by atoms with Crippen LogP contribution >= 0.6 is 0 Å². The van der Waals surface area contributed by atoms with Crippen LogP contribution in [0.4, 0.5) is 28.0 Å². The molecule has 3 aromatic rings. The second-order valence-electron chi connectivity index (χ2n) is 9.83. The molecule has 0 atom stereocenters. The highest BCUT2D eigenvalue weighted by molar-refractivity contribution is 6.17. The van der Waals surface area contributed by atoms with Gasteiger partial charge in [0, 0.05) is 24.1 Å². The number of benzene rings is 3. The second kappa shape index (κ2) is 11.5. The van der Waals surface area contributed by atoms with E-state index in [9.17, 15) is 27.2 Å². The van der Waals surface area contributed by atoms with E-state index in [1.165, 1.54) is 44.2 Å². The lowest BCUT2D eigenvalue weighted by atomic mass is 9.85. The molecule has 2 aliphatic rings. The topological polar surface area (TPSA) is 94.0 Å². The summed E-state index contributed by atoms with van der Waals surface area (Å²) in [6, 6.07) is 22.4. The number of amides is 3. The first-order valence-electron chi connectivity index (χ1n) is 12.6. The van der Waals surface area contributed by atoms with E-state index in [-0.39, 0.29) is 5.91 Å². The minimum Gasteiger partial charge on any atom is -0.542 e. The van der Waals surface area contributed by atoms with Crippen molar-refractivity contribution in [3.05, 3.63) is 89.7 Å². The molecular formula is C29H27F4N3O4. The SMILES string of the molecule is Cc1ccccc1-c1cccc(C[NH+]2CCC3(CC2)C(=O)NC(=O)N3c2cccc(F)c2)c1.O=C([O-])C(F)(F)F. The maximum Gasteiger partial charge on any atom is 0.430 e. The number of hydrogen-bond donors (Lipinski definition) is 2. The molecule has 3 amide bonds. The van der Waals surface area contributed by atoms with Crippen LogP contribution in [0.25, 0.3) is 11.1 Å². The van der Waals surface area contributed by atoms with Crippen LogP contribution in [-0.4, -0.2) is 42.7 Å². The Labute approximate surface area is 228 Å². The summed E-state index contributed by atoms with van der Waals surface area (Å²) in [5.41, 5.74) is 4.41. The number of carboxylic acid groups (broad SMARTS) is 1. The van der Waals surface area contributed by atoms with Crippen LogP contribution in [0, 0.1) is 12.7 Å².